The van der Waals surface area contributed by atoms with Gasteiger partial charge in [-0.05, 0) is 37.0 Å². The van der Waals surface area contributed by atoms with Crippen LogP contribution in [0.1, 0.15) is 24.8 Å². The lowest BCUT2D eigenvalue weighted by molar-refractivity contribution is -0.386. The number of likely N-dealkylation sites (tertiary alicyclic amines) is 1. The highest BCUT2D eigenvalue weighted by Crippen LogP contribution is 2.36. The molecule has 0 saturated carbocycles. The number of nitro groups is 1. The van der Waals surface area contributed by atoms with Gasteiger partial charge in [-0.2, -0.15) is 0 Å². The van der Waals surface area contributed by atoms with Crippen molar-refractivity contribution < 1.29 is 19.9 Å². The summed E-state index contributed by atoms with van der Waals surface area (Å²) < 4.78 is 0. The molecule has 0 bridgehead atoms. The third kappa shape index (κ3) is 3.61. The summed E-state index contributed by atoms with van der Waals surface area (Å²) in [5.74, 6) is 0.501. The molecule has 2 rings (SSSR count). The number of phenols is 2. The van der Waals surface area contributed by atoms with Gasteiger partial charge in [-0.15, -0.1) is 6.42 Å². The number of hydrogen-bond acceptors (Lipinski definition) is 5. The van der Waals surface area contributed by atoms with E-state index in [4.69, 9.17) is 6.42 Å². The van der Waals surface area contributed by atoms with Gasteiger partial charge in [0.15, 0.2) is 5.75 Å². The Bertz CT molecular complexity index is 712. The second kappa shape index (κ2) is 6.83. The van der Waals surface area contributed by atoms with E-state index in [1.165, 1.54) is 6.08 Å². The molecule has 0 aliphatic carbocycles. The van der Waals surface area contributed by atoms with E-state index >= 15 is 0 Å². The lowest BCUT2D eigenvalue weighted by atomic mass is 10.1. The summed E-state index contributed by atoms with van der Waals surface area (Å²) in [7, 11) is 0. The molecule has 1 aliphatic heterocycles. The van der Waals surface area contributed by atoms with Crippen LogP contribution < -0.4 is 0 Å². The molecule has 1 aliphatic rings. The number of terminal acetylenes is 1. The van der Waals surface area contributed by atoms with Gasteiger partial charge in [-0.25, -0.2) is 0 Å². The van der Waals surface area contributed by atoms with Crippen LogP contribution in [0.3, 0.4) is 0 Å². The molecule has 2 N–H and O–H groups in total. The van der Waals surface area contributed by atoms with E-state index < -0.39 is 22.1 Å². The van der Waals surface area contributed by atoms with Gasteiger partial charge < -0.3 is 15.1 Å². The van der Waals surface area contributed by atoms with Crippen molar-refractivity contribution in [3.63, 3.8) is 0 Å². The quantitative estimate of drug-likeness (QED) is 0.292. The summed E-state index contributed by atoms with van der Waals surface area (Å²) in [6.45, 7) is 1.25. The first-order chi connectivity index (χ1) is 10.9. The van der Waals surface area contributed by atoms with Crippen molar-refractivity contribution >= 4 is 17.7 Å². The summed E-state index contributed by atoms with van der Waals surface area (Å²) in [5.41, 5.74) is -0.436. The fraction of sp³-hybridized carbons (Fsp3) is 0.312. The number of hydrogen-bond donors (Lipinski definition) is 2. The third-order valence-corrected chi connectivity index (χ3v) is 3.63. The SMILES string of the molecule is C#C/C(=C\c1cc(O)c(O)c([N+](=O)[O-])c1)C(=O)N1CCCCC1. The predicted octanol–water partition coefficient (Wildman–Crippen LogP) is 2.04. The van der Waals surface area contributed by atoms with Crippen LogP contribution in [0.25, 0.3) is 6.08 Å². The number of nitro benzene ring substituents is 1. The number of nitrogens with zero attached hydrogens (tertiary/aromatic N) is 2. The first-order valence-corrected chi connectivity index (χ1v) is 7.12. The normalized spacial score (nSPS) is 15.1. The van der Waals surface area contributed by atoms with Crippen molar-refractivity contribution in [2.75, 3.05) is 13.1 Å². The van der Waals surface area contributed by atoms with Crippen molar-refractivity contribution in [3.05, 3.63) is 33.4 Å². The van der Waals surface area contributed by atoms with Crippen LogP contribution >= 0.6 is 0 Å². The number of carbonyl (C=O) groups is 1. The number of rotatable bonds is 3. The molecule has 0 atom stereocenters. The number of phenolic OH excluding ortho intramolecular Hbond substituents is 2. The highest BCUT2D eigenvalue weighted by Gasteiger charge is 2.21. The van der Waals surface area contributed by atoms with E-state index in [-0.39, 0.29) is 17.0 Å². The number of amides is 1. The van der Waals surface area contributed by atoms with Gasteiger partial charge in [0, 0.05) is 19.2 Å². The van der Waals surface area contributed by atoms with Crippen LogP contribution in [0.5, 0.6) is 11.5 Å². The van der Waals surface area contributed by atoms with E-state index in [9.17, 15) is 25.1 Å². The van der Waals surface area contributed by atoms with Gasteiger partial charge in [0.1, 0.15) is 0 Å². The fourth-order valence-corrected chi connectivity index (χ4v) is 2.45. The Morgan fingerprint density at radius 3 is 2.52 bits per heavy atom. The highest BCUT2D eigenvalue weighted by atomic mass is 16.6. The van der Waals surface area contributed by atoms with Gasteiger partial charge in [-0.1, -0.05) is 5.92 Å². The number of carbonyl (C=O) groups excluding carboxylic acids is 1. The molecule has 0 spiro atoms. The van der Waals surface area contributed by atoms with Crippen molar-refractivity contribution in [3.8, 4) is 23.8 Å². The van der Waals surface area contributed by atoms with Crippen molar-refractivity contribution in [2.45, 2.75) is 19.3 Å². The summed E-state index contributed by atoms with van der Waals surface area (Å²) in [6, 6.07) is 2.17. The molecule has 0 aromatic heterocycles. The monoisotopic (exact) mass is 316 g/mol. The lowest BCUT2D eigenvalue weighted by Gasteiger charge is -2.26. The first-order valence-electron chi connectivity index (χ1n) is 7.12. The summed E-state index contributed by atoms with van der Waals surface area (Å²) in [6.07, 6.45) is 9.57. The maximum absolute atomic E-state index is 12.4. The summed E-state index contributed by atoms with van der Waals surface area (Å²) >= 11 is 0. The zero-order chi connectivity index (χ0) is 17.0. The topological polar surface area (TPSA) is 104 Å². The lowest BCUT2D eigenvalue weighted by Crippen LogP contribution is -2.36. The van der Waals surface area contributed by atoms with Crippen LogP contribution in [0.15, 0.2) is 17.7 Å². The van der Waals surface area contributed by atoms with Gasteiger partial charge in [0.2, 0.25) is 5.75 Å². The average molecular weight is 316 g/mol. The number of piperidine rings is 1. The Balaban J connectivity index is 2.36. The molecule has 1 amide bonds. The van der Waals surface area contributed by atoms with E-state index in [2.05, 4.69) is 5.92 Å². The average Bonchev–Trinajstić information content (AvgIpc) is 2.55. The molecule has 120 valence electrons. The molecular formula is C16H16N2O5. The molecule has 1 aromatic rings. The Morgan fingerprint density at radius 2 is 1.96 bits per heavy atom. The Hall–Kier alpha value is -3.01. The Kier molecular flexibility index (Phi) is 4.86. The molecule has 1 aromatic carbocycles. The molecule has 0 radical (unpaired) electrons. The third-order valence-electron chi connectivity index (χ3n) is 3.63. The minimum Gasteiger partial charge on any atom is -0.504 e. The molecule has 7 nitrogen and oxygen atoms in total. The number of benzene rings is 1. The Labute approximate surface area is 133 Å². The zero-order valence-electron chi connectivity index (χ0n) is 12.4. The van der Waals surface area contributed by atoms with Crippen molar-refractivity contribution in [1.82, 2.24) is 4.90 Å². The first kappa shape index (κ1) is 16.4. The summed E-state index contributed by atoms with van der Waals surface area (Å²) in [4.78, 5) is 24.1. The predicted molar refractivity (Wildman–Crippen MR) is 83.7 cm³/mol. The standard InChI is InChI=1S/C16H16N2O5/c1-2-12(16(21)17-6-4-3-5-7-17)8-11-9-13(18(22)23)15(20)14(19)10-11/h1,8-10,19-20H,3-7H2/b12-8+. The molecular weight excluding hydrogens is 300 g/mol. The van der Waals surface area contributed by atoms with Crippen LogP contribution in [0.2, 0.25) is 0 Å². The summed E-state index contributed by atoms with van der Waals surface area (Å²) in [5, 5.41) is 29.9. The van der Waals surface area contributed by atoms with Gasteiger partial charge >= 0.3 is 5.69 Å². The number of aromatic hydroxyl groups is 2. The maximum atomic E-state index is 12.4. The van der Waals surface area contributed by atoms with Crippen molar-refractivity contribution in [2.24, 2.45) is 0 Å². The maximum Gasteiger partial charge on any atom is 0.315 e. The van der Waals surface area contributed by atoms with Gasteiger partial charge in [0.25, 0.3) is 5.91 Å². The van der Waals surface area contributed by atoms with Crippen LogP contribution in [-0.2, 0) is 4.79 Å². The van der Waals surface area contributed by atoms with Crippen LogP contribution in [0, 0.1) is 22.5 Å². The molecule has 0 unspecified atom stereocenters. The second-order valence-corrected chi connectivity index (χ2v) is 5.22. The zero-order valence-corrected chi connectivity index (χ0v) is 12.4. The molecule has 1 heterocycles. The van der Waals surface area contributed by atoms with Crippen LogP contribution in [0.4, 0.5) is 5.69 Å². The van der Waals surface area contributed by atoms with Gasteiger partial charge in [0.05, 0.1) is 10.5 Å². The highest BCUT2D eigenvalue weighted by molar-refractivity contribution is 6.02. The molecule has 23 heavy (non-hydrogen) atoms. The Morgan fingerprint density at radius 1 is 1.30 bits per heavy atom. The largest absolute Gasteiger partial charge is 0.504 e. The van der Waals surface area contributed by atoms with Crippen LogP contribution in [-0.4, -0.2) is 39.0 Å². The van der Waals surface area contributed by atoms with E-state index in [1.807, 2.05) is 0 Å². The van der Waals surface area contributed by atoms with E-state index in [0.29, 0.717) is 13.1 Å². The van der Waals surface area contributed by atoms with E-state index in [1.54, 1.807) is 4.90 Å². The molecule has 1 saturated heterocycles. The molecule has 1 fully saturated rings. The van der Waals surface area contributed by atoms with E-state index in [0.717, 1.165) is 31.4 Å². The fourth-order valence-electron chi connectivity index (χ4n) is 2.45. The molecule has 7 heteroatoms. The van der Waals surface area contributed by atoms with Crippen molar-refractivity contribution in [1.29, 1.82) is 0 Å². The second-order valence-electron chi connectivity index (χ2n) is 5.22. The van der Waals surface area contributed by atoms with Gasteiger partial charge in [-0.3, -0.25) is 14.9 Å². The minimum atomic E-state index is -0.825. The minimum absolute atomic E-state index is 0.0475. The smallest absolute Gasteiger partial charge is 0.315 e.